The van der Waals surface area contributed by atoms with Crippen LogP contribution >= 0.6 is 0 Å². The number of aromatic amines is 1. The largest absolute Gasteiger partial charge is 0.369 e. The summed E-state index contributed by atoms with van der Waals surface area (Å²) in [5, 5.41) is 0.729. The molecule has 0 saturated carbocycles. The van der Waals surface area contributed by atoms with E-state index in [9.17, 15) is 9.18 Å². The van der Waals surface area contributed by atoms with Gasteiger partial charge in [0, 0.05) is 24.5 Å². The number of H-pyrrole nitrogens is 1. The summed E-state index contributed by atoms with van der Waals surface area (Å²) in [7, 11) is 0. The molecule has 4 heteroatoms. The first-order chi connectivity index (χ1) is 8.74. The van der Waals surface area contributed by atoms with Crippen molar-refractivity contribution in [2.24, 2.45) is 0 Å². The normalized spacial score (nSPS) is 16.2. The van der Waals surface area contributed by atoms with E-state index in [1.54, 1.807) is 12.1 Å². The molecule has 2 heterocycles. The van der Waals surface area contributed by atoms with Crippen molar-refractivity contribution in [2.45, 2.75) is 19.3 Å². The number of pyridine rings is 1. The summed E-state index contributed by atoms with van der Waals surface area (Å²) in [6, 6.07) is 6.31. The van der Waals surface area contributed by atoms with Crippen LogP contribution in [0.15, 0.2) is 29.1 Å². The number of hydrogen-bond acceptors (Lipinski definition) is 2. The van der Waals surface area contributed by atoms with Crippen molar-refractivity contribution in [3.63, 3.8) is 0 Å². The Morgan fingerprint density at radius 2 is 1.89 bits per heavy atom. The van der Waals surface area contributed by atoms with E-state index in [1.165, 1.54) is 18.6 Å². The zero-order valence-corrected chi connectivity index (χ0v) is 10.1. The van der Waals surface area contributed by atoms with Crippen LogP contribution in [0.2, 0.25) is 0 Å². The zero-order chi connectivity index (χ0) is 12.5. The van der Waals surface area contributed by atoms with E-state index < -0.39 is 0 Å². The van der Waals surface area contributed by atoms with Crippen LogP contribution in [0.5, 0.6) is 0 Å². The lowest BCUT2D eigenvalue weighted by molar-refractivity contribution is 0.557. The molecule has 0 spiro atoms. The van der Waals surface area contributed by atoms with Gasteiger partial charge < -0.3 is 9.88 Å². The number of nitrogens with one attached hydrogen (secondary N) is 1. The molecule has 1 fully saturated rings. The first-order valence-electron chi connectivity index (χ1n) is 6.31. The van der Waals surface area contributed by atoms with E-state index in [0.29, 0.717) is 11.2 Å². The maximum Gasteiger partial charge on any atom is 0.248 e. The zero-order valence-electron chi connectivity index (χ0n) is 10.1. The summed E-state index contributed by atoms with van der Waals surface area (Å²) in [5.41, 5.74) is 1.15. The Balaban J connectivity index is 2.10. The van der Waals surface area contributed by atoms with Crippen molar-refractivity contribution in [1.82, 2.24) is 4.98 Å². The van der Waals surface area contributed by atoms with Gasteiger partial charge in [-0.1, -0.05) is 0 Å². The number of nitrogens with zero attached hydrogens (tertiary/aromatic N) is 1. The Labute approximate surface area is 104 Å². The minimum atomic E-state index is -0.212. The molecule has 1 aromatic heterocycles. The van der Waals surface area contributed by atoms with Crippen molar-refractivity contribution in [3.05, 3.63) is 40.4 Å². The first-order valence-corrected chi connectivity index (χ1v) is 6.31. The fourth-order valence-corrected chi connectivity index (χ4v) is 2.54. The maximum atomic E-state index is 14.1. The molecule has 2 aromatic rings. The van der Waals surface area contributed by atoms with Crippen LogP contribution in [0, 0.1) is 5.82 Å². The van der Waals surface area contributed by atoms with Crippen LogP contribution in [0.25, 0.3) is 10.9 Å². The SMILES string of the molecule is O=c1ccc2cc(F)c(N3CCCCC3)cc2[nH]1. The average molecular weight is 246 g/mol. The third-order valence-electron chi connectivity index (χ3n) is 3.49. The molecule has 1 saturated heterocycles. The number of halogens is 1. The smallest absolute Gasteiger partial charge is 0.248 e. The predicted octanol–water partition coefficient (Wildman–Crippen LogP) is 2.66. The fraction of sp³-hybridized carbons (Fsp3) is 0.357. The van der Waals surface area contributed by atoms with E-state index in [1.807, 2.05) is 0 Å². The van der Waals surface area contributed by atoms with Gasteiger partial charge in [-0.25, -0.2) is 4.39 Å². The highest BCUT2D eigenvalue weighted by Crippen LogP contribution is 2.26. The van der Waals surface area contributed by atoms with Crippen LogP contribution in [-0.2, 0) is 0 Å². The van der Waals surface area contributed by atoms with Crippen LogP contribution in [0.3, 0.4) is 0 Å². The fourth-order valence-electron chi connectivity index (χ4n) is 2.54. The Morgan fingerprint density at radius 3 is 2.67 bits per heavy atom. The third kappa shape index (κ3) is 1.98. The molecule has 0 radical (unpaired) electrons. The van der Waals surface area contributed by atoms with Crippen molar-refractivity contribution in [2.75, 3.05) is 18.0 Å². The molecular formula is C14H15FN2O. The van der Waals surface area contributed by atoms with Gasteiger partial charge in [-0.3, -0.25) is 4.79 Å². The number of rotatable bonds is 1. The summed E-state index contributed by atoms with van der Waals surface area (Å²) in [6.07, 6.45) is 3.41. The van der Waals surface area contributed by atoms with Gasteiger partial charge in [0.15, 0.2) is 0 Å². The second kappa shape index (κ2) is 4.44. The standard InChI is InChI=1S/C14H15FN2O/c15-11-8-10-4-5-14(18)16-12(10)9-13(11)17-6-2-1-3-7-17/h4-5,8-9H,1-3,6-7H2,(H,16,18). The third-order valence-corrected chi connectivity index (χ3v) is 3.49. The van der Waals surface area contributed by atoms with Crippen molar-refractivity contribution >= 4 is 16.6 Å². The monoisotopic (exact) mass is 246 g/mol. The molecule has 18 heavy (non-hydrogen) atoms. The van der Waals surface area contributed by atoms with Gasteiger partial charge in [0.2, 0.25) is 5.56 Å². The number of piperidine rings is 1. The molecular weight excluding hydrogens is 231 g/mol. The Morgan fingerprint density at radius 1 is 1.11 bits per heavy atom. The molecule has 0 atom stereocenters. The van der Waals surface area contributed by atoms with Gasteiger partial charge in [0.05, 0.1) is 11.2 Å². The summed E-state index contributed by atoms with van der Waals surface area (Å²) >= 11 is 0. The number of aromatic nitrogens is 1. The van der Waals surface area contributed by atoms with Gasteiger partial charge in [-0.2, -0.15) is 0 Å². The lowest BCUT2D eigenvalue weighted by Gasteiger charge is -2.29. The van der Waals surface area contributed by atoms with Crippen LogP contribution in [0.1, 0.15) is 19.3 Å². The summed E-state index contributed by atoms with van der Waals surface area (Å²) < 4.78 is 14.1. The number of benzene rings is 1. The number of hydrogen-bond donors (Lipinski definition) is 1. The van der Waals surface area contributed by atoms with Crippen molar-refractivity contribution in [1.29, 1.82) is 0 Å². The van der Waals surface area contributed by atoms with Gasteiger partial charge in [-0.15, -0.1) is 0 Å². The molecule has 94 valence electrons. The Bertz CT molecular complexity index is 629. The molecule has 3 rings (SSSR count). The van der Waals surface area contributed by atoms with Crippen LogP contribution < -0.4 is 10.5 Å². The minimum Gasteiger partial charge on any atom is -0.369 e. The van der Waals surface area contributed by atoms with E-state index in [-0.39, 0.29) is 11.4 Å². The van der Waals surface area contributed by atoms with E-state index in [2.05, 4.69) is 9.88 Å². The Kier molecular flexibility index (Phi) is 2.78. The number of anilines is 1. The highest BCUT2D eigenvalue weighted by Gasteiger charge is 2.15. The summed E-state index contributed by atoms with van der Waals surface area (Å²) in [6.45, 7) is 1.78. The molecule has 1 aliphatic heterocycles. The van der Waals surface area contributed by atoms with E-state index in [4.69, 9.17) is 0 Å². The van der Waals surface area contributed by atoms with Gasteiger partial charge in [0.25, 0.3) is 0 Å². The minimum absolute atomic E-state index is 0.154. The quantitative estimate of drug-likeness (QED) is 0.839. The lowest BCUT2D eigenvalue weighted by atomic mass is 10.1. The molecule has 0 amide bonds. The molecule has 0 aliphatic carbocycles. The highest BCUT2D eigenvalue weighted by molar-refractivity contribution is 5.82. The Hall–Kier alpha value is -1.84. The summed E-state index contributed by atoms with van der Waals surface area (Å²) in [5.74, 6) is -0.212. The topological polar surface area (TPSA) is 36.1 Å². The molecule has 1 aromatic carbocycles. The second-order valence-corrected chi connectivity index (χ2v) is 4.76. The van der Waals surface area contributed by atoms with Crippen LogP contribution in [-0.4, -0.2) is 18.1 Å². The van der Waals surface area contributed by atoms with Gasteiger partial charge in [0.1, 0.15) is 5.82 Å². The number of fused-ring (bicyclic) bond motifs is 1. The molecule has 0 bridgehead atoms. The highest BCUT2D eigenvalue weighted by atomic mass is 19.1. The van der Waals surface area contributed by atoms with Gasteiger partial charge in [-0.05, 0) is 37.5 Å². The predicted molar refractivity (Wildman–Crippen MR) is 70.6 cm³/mol. The van der Waals surface area contributed by atoms with E-state index in [0.717, 1.165) is 31.3 Å². The molecule has 0 unspecified atom stereocenters. The first kappa shape index (κ1) is 11.3. The lowest BCUT2D eigenvalue weighted by Crippen LogP contribution is -2.30. The summed E-state index contributed by atoms with van der Waals surface area (Å²) in [4.78, 5) is 16.1. The van der Waals surface area contributed by atoms with Gasteiger partial charge >= 0.3 is 0 Å². The molecule has 1 aliphatic rings. The molecule has 3 nitrogen and oxygen atoms in total. The van der Waals surface area contributed by atoms with Crippen molar-refractivity contribution < 1.29 is 4.39 Å². The van der Waals surface area contributed by atoms with E-state index >= 15 is 0 Å². The maximum absolute atomic E-state index is 14.1. The average Bonchev–Trinajstić information content (AvgIpc) is 2.39. The van der Waals surface area contributed by atoms with Crippen LogP contribution in [0.4, 0.5) is 10.1 Å². The van der Waals surface area contributed by atoms with Crippen molar-refractivity contribution in [3.8, 4) is 0 Å². The molecule has 1 N–H and O–H groups in total. The second-order valence-electron chi connectivity index (χ2n) is 4.76.